The van der Waals surface area contributed by atoms with Gasteiger partial charge in [0.05, 0.1) is 5.52 Å². The van der Waals surface area contributed by atoms with Crippen molar-refractivity contribution in [2.75, 3.05) is 0 Å². The van der Waals surface area contributed by atoms with Crippen molar-refractivity contribution < 1.29 is 17.5 Å². The number of rotatable bonds is 0. The van der Waals surface area contributed by atoms with E-state index in [1.807, 2.05) is 18.3 Å². The maximum absolute atomic E-state index is 8.74. The fraction of sp³-hybridized carbons (Fsp3) is 0.100. The van der Waals surface area contributed by atoms with Crippen molar-refractivity contribution >= 4 is 21.3 Å². The average molecular weight is 241 g/mol. The van der Waals surface area contributed by atoms with E-state index in [9.17, 15) is 0 Å². The minimum Gasteiger partial charge on any atom is -0.264 e. The Labute approximate surface area is 93.3 Å². The molecular formula is C10H11NO4S. The van der Waals surface area contributed by atoms with Gasteiger partial charge in [0.1, 0.15) is 0 Å². The average Bonchev–Trinajstić information content (AvgIpc) is 2.15. The molecule has 2 rings (SSSR count). The zero-order valence-corrected chi connectivity index (χ0v) is 9.35. The number of hydrogen-bond donors (Lipinski definition) is 2. The first kappa shape index (κ1) is 12.6. The van der Waals surface area contributed by atoms with Crippen LogP contribution >= 0.6 is 0 Å². The van der Waals surface area contributed by atoms with Crippen LogP contribution in [0.4, 0.5) is 0 Å². The molecule has 0 saturated heterocycles. The highest BCUT2D eigenvalue weighted by Crippen LogP contribution is 2.11. The van der Waals surface area contributed by atoms with Crippen LogP contribution in [0.2, 0.25) is 0 Å². The molecular weight excluding hydrogens is 230 g/mol. The van der Waals surface area contributed by atoms with E-state index < -0.39 is 10.4 Å². The lowest BCUT2D eigenvalue weighted by atomic mass is 10.1. The number of aryl methyl sites for hydroxylation is 1. The number of hydrogen-bond acceptors (Lipinski definition) is 3. The molecule has 6 heteroatoms. The van der Waals surface area contributed by atoms with Crippen LogP contribution in [0.3, 0.4) is 0 Å². The number of benzene rings is 1. The summed E-state index contributed by atoms with van der Waals surface area (Å²) in [5.74, 6) is 0. The molecule has 0 aliphatic rings. The van der Waals surface area contributed by atoms with Gasteiger partial charge < -0.3 is 0 Å². The van der Waals surface area contributed by atoms with Crippen LogP contribution in [-0.4, -0.2) is 22.5 Å². The quantitative estimate of drug-likeness (QED) is 0.688. The largest absolute Gasteiger partial charge is 0.394 e. The minimum atomic E-state index is -4.67. The smallest absolute Gasteiger partial charge is 0.264 e. The van der Waals surface area contributed by atoms with E-state index in [4.69, 9.17) is 17.5 Å². The zero-order chi connectivity index (χ0) is 12.2. The topological polar surface area (TPSA) is 87.5 Å². The monoisotopic (exact) mass is 241 g/mol. The van der Waals surface area contributed by atoms with Gasteiger partial charge in [-0.2, -0.15) is 8.42 Å². The van der Waals surface area contributed by atoms with E-state index in [1.165, 1.54) is 10.9 Å². The lowest BCUT2D eigenvalue weighted by Gasteiger charge is -1.95. The molecule has 2 N–H and O–H groups in total. The maximum atomic E-state index is 8.74. The Bertz CT molecular complexity index is 572. The van der Waals surface area contributed by atoms with Gasteiger partial charge in [0.25, 0.3) is 0 Å². The fourth-order valence-corrected chi connectivity index (χ4v) is 1.20. The Morgan fingerprint density at radius 2 is 1.81 bits per heavy atom. The predicted octanol–water partition coefficient (Wildman–Crippen LogP) is 1.89. The van der Waals surface area contributed by atoms with Gasteiger partial charge in [0.2, 0.25) is 0 Å². The van der Waals surface area contributed by atoms with Crippen molar-refractivity contribution in [1.29, 1.82) is 0 Å². The summed E-state index contributed by atoms with van der Waals surface area (Å²) in [6.07, 6.45) is 1.82. The first-order chi connectivity index (χ1) is 7.36. The molecule has 86 valence electrons. The molecule has 1 aromatic heterocycles. The van der Waals surface area contributed by atoms with Crippen molar-refractivity contribution in [1.82, 2.24) is 4.98 Å². The molecule has 0 unspecified atom stereocenters. The molecule has 0 spiro atoms. The highest BCUT2D eigenvalue weighted by Gasteiger charge is 1.90. The van der Waals surface area contributed by atoms with Gasteiger partial charge in [-0.05, 0) is 25.1 Å². The molecule has 1 heterocycles. The molecule has 2 aromatic rings. The van der Waals surface area contributed by atoms with E-state index in [0.29, 0.717) is 0 Å². The third kappa shape index (κ3) is 4.83. The van der Waals surface area contributed by atoms with Crippen molar-refractivity contribution in [2.45, 2.75) is 6.92 Å². The normalized spacial score (nSPS) is 10.7. The second kappa shape index (κ2) is 5.02. The molecule has 16 heavy (non-hydrogen) atoms. The predicted molar refractivity (Wildman–Crippen MR) is 60.7 cm³/mol. The van der Waals surface area contributed by atoms with Crippen LogP contribution in [0.5, 0.6) is 0 Å². The third-order valence-corrected chi connectivity index (χ3v) is 1.76. The molecule has 0 aliphatic heterocycles. The molecule has 1 aromatic carbocycles. The fourth-order valence-electron chi connectivity index (χ4n) is 1.20. The lowest BCUT2D eigenvalue weighted by molar-refractivity contribution is 0.381. The first-order valence-electron chi connectivity index (χ1n) is 4.37. The standard InChI is InChI=1S/C10H9N.H2O4S/c1-8-4-5-10-9(7-8)3-2-6-11-10;1-5(2,3)4/h2-7H,1H3;(H2,1,2,3,4). The van der Waals surface area contributed by atoms with Gasteiger partial charge in [-0.3, -0.25) is 14.1 Å². The molecule has 0 fully saturated rings. The summed E-state index contributed by atoms with van der Waals surface area (Å²) in [5.41, 5.74) is 2.35. The highest BCUT2D eigenvalue weighted by atomic mass is 32.3. The summed E-state index contributed by atoms with van der Waals surface area (Å²) in [6, 6.07) is 10.3. The van der Waals surface area contributed by atoms with Crippen molar-refractivity contribution in [2.24, 2.45) is 0 Å². The van der Waals surface area contributed by atoms with Gasteiger partial charge >= 0.3 is 10.4 Å². The van der Waals surface area contributed by atoms with Crippen LogP contribution in [0.15, 0.2) is 36.5 Å². The second-order valence-electron chi connectivity index (χ2n) is 3.15. The molecule has 0 atom stereocenters. The molecule has 0 saturated carbocycles. The first-order valence-corrected chi connectivity index (χ1v) is 5.77. The Balaban J connectivity index is 0.000000221. The van der Waals surface area contributed by atoms with E-state index >= 15 is 0 Å². The number of aromatic nitrogens is 1. The number of fused-ring (bicyclic) bond motifs is 1. The Kier molecular flexibility index (Phi) is 3.94. The molecule has 5 nitrogen and oxygen atoms in total. The van der Waals surface area contributed by atoms with Crippen LogP contribution < -0.4 is 0 Å². The lowest BCUT2D eigenvalue weighted by Crippen LogP contribution is -1.89. The van der Waals surface area contributed by atoms with Gasteiger partial charge in [0.15, 0.2) is 0 Å². The Morgan fingerprint density at radius 1 is 1.19 bits per heavy atom. The minimum absolute atomic E-state index is 1.07. The van der Waals surface area contributed by atoms with Gasteiger partial charge in [0, 0.05) is 11.6 Å². The molecule has 0 amide bonds. The summed E-state index contributed by atoms with van der Waals surface area (Å²) in [4.78, 5) is 4.22. The summed E-state index contributed by atoms with van der Waals surface area (Å²) < 4.78 is 31.6. The van der Waals surface area contributed by atoms with E-state index in [-0.39, 0.29) is 0 Å². The van der Waals surface area contributed by atoms with Crippen LogP contribution in [0.1, 0.15) is 5.56 Å². The summed E-state index contributed by atoms with van der Waals surface area (Å²) in [6.45, 7) is 2.09. The van der Waals surface area contributed by atoms with E-state index in [1.54, 1.807) is 0 Å². The van der Waals surface area contributed by atoms with Gasteiger partial charge in [-0.15, -0.1) is 0 Å². The van der Waals surface area contributed by atoms with E-state index in [0.717, 1.165) is 5.52 Å². The number of nitrogens with zero attached hydrogens (tertiary/aromatic N) is 1. The van der Waals surface area contributed by atoms with Crippen LogP contribution in [-0.2, 0) is 10.4 Å². The van der Waals surface area contributed by atoms with Gasteiger partial charge in [-0.1, -0.05) is 17.7 Å². The third-order valence-electron chi connectivity index (χ3n) is 1.76. The highest BCUT2D eigenvalue weighted by molar-refractivity contribution is 7.79. The molecule has 0 aliphatic carbocycles. The molecule has 0 radical (unpaired) electrons. The van der Waals surface area contributed by atoms with E-state index in [2.05, 4.69) is 30.1 Å². The van der Waals surface area contributed by atoms with Gasteiger partial charge in [-0.25, -0.2) is 0 Å². The Morgan fingerprint density at radius 3 is 2.44 bits per heavy atom. The SMILES string of the molecule is Cc1ccc2ncccc2c1.O=S(=O)(O)O. The van der Waals surface area contributed by atoms with Crippen LogP contribution in [0.25, 0.3) is 10.9 Å². The van der Waals surface area contributed by atoms with Crippen LogP contribution in [0, 0.1) is 6.92 Å². The van der Waals surface area contributed by atoms with Crippen molar-refractivity contribution in [3.8, 4) is 0 Å². The number of pyridine rings is 1. The van der Waals surface area contributed by atoms with Crippen molar-refractivity contribution in [3.63, 3.8) is 0 Å². The van der Waals surface area contributed by atoms with Crippen molar-refractivity contribution in [3.05, 3.63) is 42.1 Å². The summed E-state index contributed by atoms with van der Waals surface area (Å²) in [7, 11) is -4.67. The molecule has 0 bridgehead atoms. The summed E-state index contributed by atoms with van der Waals surface area (Å²) >= 11 is 0. The zero-order valence-electron chi connectivity index (χ0n) is 8.53. The maximum Gasteiger partial charge on any atom is 0.394 e. The summed E-state index contributed by atoms with van der Waals surface area (Å²) in [5, 5.41) is 1.22. The second-order valence-corrected chi connectivity index (χ2v) is 4.04. The Hall–Kier alpha value is -1.50.